The van der Waals surface area contributed by atoms with Gasteiger partial charge in [-0.2, -0.15) is 5.26 Å². The molecule has 0 aliphatic rings. The third-order valence-electron chi connectivity index (χ3n) is 4.56. The predicted octanol–water partition coefficient (Wildman–Crippen LogP) is 4.84. The number of nitrogens with one attached hydrogen (secondary N) is 1. The van der Waals surface area contributed by atoms with E-state index in [1.807, 2.05) is 6.07 Å². The van der Waals surface area contributed by atoms with Crippen molar-refractivity contribution in [2.75, 3.05) is 19.5 Å². The number of nitrogens with zero attached hydrogens (tertiary/aromatic N) is 1. The van der Waals surface area contributed by atoms with Gasteiger partial charge in [0.05, 0.1) is 47.7 Å². The van der Waals surface area contributed by atoms with Crippen LogP contribution in [0, 0.1) is 11.3 Å². The van der Waals surface area contributed by atoms with Gasteiger partial charge in [-0.1, -0.05) is 35.9 Å². The van der Waals surface area contributed by atoms with Crippen LogP contribution in [0.2, 0.25) is 5.02 Å². The second-order valence-corrected chi connectivity index (χ2v) is 6.98. The molecule has 0 aliphatic heterocycles. The summed E-state index contributed by atoms with van der Waals surface area (Å²) in [6, 6.07) is 18.2. The molecule has 8 heteroatoms. The van der Waals surface area contributed by atoms with E-state index in [9.17, 15) is 9.59 Å². The first kappa shape index (κ1) is 22.7. The minimum Gasteiger partial charge on any atom is -0.493 e. The van der Waals surface area contributed by atoms with E-state index in [4.69, 9.17) is 31.1 Å². The van der Waals surface area contributed by atoms with E-state index in [1.54, 1.807) is 48.5 Å². The fourth-order valence-electron chi connectivity index (χ4n) is 2.89. The molecule has 0 bridgehead atoms. The highest BCUT2D eigenvalue weighted by Gasteiger charge is 2.21. The quantitative estimate of drug-likeness (QED) is 0.517. The Balaban J connectivity index is 1.88. The van der Waals surface area contributed by atoms with E-state index in [0.717, 1.165) is 0 Å². The van der Waals surface area contributed by atoms with Gasteiger partial charge in [-0.3, -0.25) is 4.79 Å². The van der Waals surface area contributed by atoms with Crippen LogP contribution in [0.3, 0.4) is 0 Å². The molecule has 0 unspecified atom stereocenters. The van der Waals surface area contributed by atoms with Crippen molar-refractivity contribution in [3.05, 3.63) is 87.9 Å². The van der Waals surface area contributed by atoms with E-state index >= 15 is 0 Å². The molecule has 0 saturated heterocycles. The van der Waals surface area contributed by atoms with E-state index < -0.39 is 11.9 Å². The van der Waals surface area contributed by atoms with Gasteiger partial charge in [-0.15, -0.1) is 0 Å². The smallest absolute Gasteiger partial charge is 0.340 e. The fourth-order valence-corrected chi connectivity index (χ4v) is 3.11. The Hall–Kier alpha value is -4.02. The molecule has 0 radical (unpaired) electrons. The molecule has 3 aromatic carbocycles. The van der Waals surface area contributed by atoms with Gasteiger partial charge < -0.3 is 19.5 Å². The molecule has 0 fully saturated rings. The van der Waals surface area contributed by atoms with Crippen molar-refractivity contribution in [2.24, 2.45) is 0 Å². The summed E-state index contributed by atoms with van der Waals surface area (Å²) >= 11 is 6.12. The zero-order valence-corrected chi connectivity index (χ0v) is 18.1. The molecule has 0 atom stereocenters. The maximum Gasteiger partial charge on any atom is 0.340 e. The number of benzene rings is 3. The zero-order chi connectivity index (χ0) is 23.1. The fraction of sp³-hybridized carbons (Fsp3) is 0.125. The van der Waals surface area contributed by atoms with Crippen molar-refractivity contribution < 1.29 is 23.8 Å². The molecule has 1 N–H and O–H groups in total. The van der Waals surface area contributed by atoms with E-state index in [1.165, 1.54) is 26.4 Å². The van der Waals surface area contributed by atoms with Crippen LogP contribution in [0.5, 0.6) is 11.5 Å². The van der Waals surface area contributed by atoms with Crippen LogP contribution in [-0.4, -0.2) is 26.1 Å². The van der Waals surface area contributed by atoms with E-state index in [2.05, 4.69) is 5.32 Å². The predicted molar refractivity (Wildman–Crippen MR) is 119 cm³/mol. The van der Waals surface area contributed by atoms with Gasteiger partial charge in [0.2, 0.25) is 0 Å². The Morgan fingerprint density at radius 3 is 2.25 bits per heavy atom. The molecule has 32 heavy (non-hydrogen) atoms. The Kier molecular flexibility index (Phi) is 7.32. The maximum atomic E-state index is 12.9. The topological polar surface area (TPSA) is 97.6 Å². The first-order valence-electron chi connectivity index (χ1n) is 9.45. The largest absolute Gasteiger partial charge is 0.493 e. The van der Waals surface area contributed by atoms with Gasteiger partial charge >= 0.3 is 5.97 Å². The molecular weight excluding hydrogens is 432 g/mol. The summed E-state index contributed by atoms with van der Waals surface area (Å²) in [6.45, 7) is -0.0171. The van der Waals surface area contributed by atoms with Gasteiger partial charge in [0.15, 0.2) is 11.5 Å². The number of amides is 1. The average Bonchev–Trinajstić information content (AvgIpc) is 2.82. The van der Waals surface area contributed by atoms with Crippen molar-refractivity contribution in [3.63, 3.8) is 0 Å². The number of carbonyl (C=O) groups is 2. The normalized spacial score (nSPS) is 10.1. The molecule has 3 aromatic rings. The summed E-state index contributed by atoms with van der Waals surface area (Å²) in [4.78, 5) is 25.6. The van der Waals surface area contributed by atoms with Crippen LogP contribution in [0.25, 0.3) is 0 Å². The second-order valence-electron chi connectivity index (χ2n) is 6.57. The molecule has 0 saturated carbocycles. The summed E-state index contributed by atoms with van der Waals surface area (Å²) < 4.78 is 16.0. The number of carbonyl (C=O) groups excluding carboxylic acids is 2. The number of halogens is 1. The lowest BCUT2D eigenvalue weighted by atomic mass is 10.1. The monoisotopic (exact) mass is 450 g/mol. The lowest BCUT2D eigenvalue weighted by molar-refractivity contribution is 0.0473. The Morgan fingerprint density at radius 1 is 0.969 bits per heavy atom. The molecule has 162 valence electrons. The highest BCUT2D eigenvalue weighted by atomic mass is 35.5. The van der Waals surface area contributed by atoms with Crippen molar-refractivity contribution >= 4 is 29.2 Å². The lowest BCUT2D eigenvalue weighted by Gasteiger charge is -2.15. The highest BCUT2D eigenvalue weighted by Crippen LogP contribution is 2.34. The Labute approximate surface area is 190 Å². The molecule has 1 amide bonds. The van der Waals surface area contributed by atoms with Crippen LogP contribution in [-0.2, 0) is 11.3 Å². The number of anilines is 1. The third kappa shape index (κ3) is 5.17. The van der Waals surface area contributed by atoms with Gasteiger partial charge in [-0.25, -0.2) is 4.79 Å². The second kappa shape index (κ2) is 10.3. The van der Waals surface area contributed by atoms with Gasteiger partial charge in [0, 0.05) is 12.1 Å². The summed E-state index contributed by atoms with van der Waals surface area (Å²) in [5.41, 5.74) is 1.72. The summed E-state index contributed by atoms with van der Waals surface area (Å²) in [7, 11) is 2.88. The van der Waals surface area contributed by atoms with Crippen LogP contribution < -0.4 is 14.8 Å². The van der Waals surface area contributed by atoms with Crippen LogP contribution in [0.15, 0.2) is 60.7 Å². The highest BCUT2D eigenvalue weighted by molar-refractivity contribution is 6.34. The standard InChI is InChI=1S/C24H19ClN2O5/c1-30-21-11-18(24(29)32-14-16-9-7-15(13-26)8-10-16)20(12-22(21)31-2)27-23(28)17-5-3-4-6-19(17)25/h3-12H,14H2,1-2H3,(H,27,28). The van der Waals surface area contributed by atoms with Crippen molar-refractivity contribution in [3.8, 4) is 17.6 Å². The van der Waals surface area contributed by atoms with E-state index in [-0.39, 0.29) is 28.4 Å². The van der Waals surface area contributed by atoms with Crippen molar-refractivity contribution in [1.29, 1.82) is 5.26 Å². The van der Waals surface area contributed by atoms with E-state index in [0.29, 0.717) is 22.6 Å². The summed E-state index contributed by atoms with van der Waals surface area (Å²) in [5.74, 6) is -0.548. The van der Waals surface area contributed by atoms with Gasteiger partial charge in [-0.05, 0) is 29.8 Å². The molecule has 0 aliphatic carbocycles. The first-order chi connectivity index (χ1) is 15.5. The lowest BCUT2D eigenvalue weighted by Crippen LogP contribution is -2.17. The molecule has 0 heterocycles. The van der Waals surface area contributed by atoms with Crippen LogP contribution >= 0.6 is 11.6 Å². The molecule has 0 aromatic heterocycles. The van der Waals surface area contributed by atoms with Gasteiger partial charge in [0.25, 0.3) is 5.91 Å². The summed E-state index contributed by atoms with van der Waals surface area (Å²) in [5, 5.41) is 11.9. The number of nitriles is 1. The number of hydrogen-bond donors (Lipinski definition) is 1. The summed E-state index contributed by atoms with van der Waals surface area (Å²) in [6.07, 6.45) is 0. The number of rotatable bonds is 7. The number of hydrogen-bond acceptors (Lipinski definition) is 6. The number of esters is 1. The minimum atomic E-state index is -0.676. The van der Waals surface area contributed by atoms with Crippen molar-refractivity contribution in [1.82, 2.24) is 0 Å². The number of ether oxygens (including phenoxy) is 3. The SMILES string of the molecule is COc1cc(NC(=O)c2ccccc2Cl)c(C(=O)OCc2ccc(C#N)cc2)cc1OC. The molecule has 0 spiro atoms. The van der Waals surface area contributed by atoms with Gasteiger partial charge in [0.1, 0.15) is 6.61 Å². The van der Waals surface area contributed by atoms with Crippen LogP contribution in [0.4, 0.5) is 5.69 Å². The molecular formula is C24H19ClN2O5. The minimum absolute atomic E-state index is 0.0171. The first-order valence-corrected chi connectivity index (χ1v) is 9.82. The average molecular weight is 451 g/mol. The third-order valence-corrected chi connectivity index (χ3v) is 4.89. The molecule has 3 rings (SSSR count). The number of methoxy groups -OCH3 is 2. The molecule has 7 nitrogen and oxygen atoms in total. The maximum absolute atomic E-state index is 12.9. The van der Waals surface area contributed by atoms with Crippen LogP contribution in [0.1, 0.15) is 31.8 Å². The zero-order valence-electron chi connectivity index (χ0n) is 17.3. The Morgan fingerprint density at radius 2 is 1.62 bits per heavy atom. The Bertz CT molecular complexity index is 1190. The van der Waals surface area contributed by atoms with Crippen molar-refractivity contribution in [2.45, 2.75) is 6.61 Å².